The number of benzene rings is 2. The molecule has 116 valence electrons. The van der Waals surface area contributed by atoms with Crippen LogP contribution >= 0.6 is 23.2 Å². The van der Waals surface area contributed by atoms with E-state index in [-0.39, 0.29) is 5.41 Å². The molecular weight excluding hydrogens is 315 g/mol. The molecule has 0 fully saturated rings. The molecule has 2 nitrogen and oxygen atoms in total. The zero-order valence-electron chi connectivity index (χ0n) is 13.2. The Labute approximate surface area is 142 Å². The first-order chi connectivity index (χ1) is 10.3. The molecule has 0 atom stereocenters. The van der Waals surface area contributed by atoms with E-state index in [9.17, 15) is 0 Å². The molecule has 0 aliphatic carbocycles. The first kappa shape index (κ1) is 16.9. The third kappa shape index (κ3) is 4.25. The van der Waals surface area contributed by atoms with Gasteiger partial charge in [-0.2, -0.15) is 5.10 Å². The molecule has 2 aromatic rings. The van der Waals surface area contributed by atoms with E-state index < -0.39 is 0 Å². The van der Waals surface area contributed by atoms with E-state index in [0.29, 0.717) is 10.0 Å². The van der Waals surface area contributed by atoms with Gasteiger partial charge in [0.05, 0.1) is 21.4 Å². The lowest BCUT2D eigenvalue weighted by Gasteiger charge is -2.19. The highest BCUT2D eigenvalue weighted by molar-refractivity contribution is 6.42. The maximum absolute atomic E-state index is 6.03. The lowest BCUT2D eigenvalue weighted by Crippen LogP contribution is -2.10. The molecule has 0 saturated carbocycles. The van der Waals surface area contributed by atoms with Crippen LogP contribution in [0.2, 0.25) is 10.0 Å². The number of halogens is 2. The van der Waals surface area contributed by atoms with Gasteiger partial charge in [0.1, 0.15) is 0 Å². The van der Waals surface area contributed by atoms with Gasteiger partial charge in [-0.15, -0.1) is 0 Å². The Balaban J connectivity index is 2.12. The monoisotopic (exact) mass is 334 g/mol. The van der Waals surface area contributed by atoms with E-state index in [2.05, 4.69) is 43.4 Å². The standard InChI is InChI=1S/C18H20Cl2N2/c1-12(13-5-10-16(19)17(20)11-13)21-22-15-8-6-14(7-9-15)18(2,3)4/h5-11,22H,1-4H3/b21-12+. The minimum atomic E-state index is 0.151. The Kier molecular flexibility index (Phi) is 5.15. The van der Waals surface area contributed by atoms with Crippen molar-refractivity contribution in [1.82, 2.24) is 0 Å². The quantitative estimate of drug-likeness (QED) is 0.530. The van der Waals surface area contributed by atoms with E-state index in [0.717, 1.165) is 17.0 Å². The van der Waals surface area contributed by atoms with Gasteiger partial charge in [0.2, 0.25) is 0 Å². The Morgan fingerprint density at radius 1 is 0.955 bits per heavy atom. The summed E-state index contributed by atoms with van der Waals surface area (Å²) in [4.78, 5) is 0. The van der Waals surface area contributed by atoms with Crippen molar-refractivity contribution in [3.63, 3.8) is 0 Å². The highest BCUT2D eigenvalue weighted by Crippen LogP contribution is 2.24. The maximum atomic E-state index is 6.03. The van der Waals surface area contributed by atoms with Gasteiger partial charge in [-0.1, -0.05) is 62.2 Å². The predicted molar refractivity (Wildman–Crippen MR) is 97.4 cm³/mol. The second-order valence-electron chi connectivity index (χ2n) is 6.27. The summed E-state index contributed by atoms with van der Waals surface area (Å²) in [5, 5.41) is 5.47. The number of hydrogen-bond acceptors (Lipinski definition) is 2. The third-order valence-electron chi connectivity index (χ3n) is 3.44. The first-order valence-corrected chi connectivity index (χ1v) is 7.89. The highest BCUT2D eigenvalue weighted by Gasteiger charge is 2.12. The molecule has 0 saturated heterocycles. The number of hydrazone groups is 1. The van der Waals surface area contributed by atoms with Crippen LogP contribution in [0.5, 0.6) is 0 Å². The fourth-order valence-electron chi connectivity index (χ4n) is 1.98. The molecule has 22 heavy (non-hydrogen) atoms. The highest BCUT2D eigenvalue weighted by atomic mass is 35.5. The van der Waals surface area contributed by atoms with Crippen molar-refractivity contribution in [2.75, 3.05) is 5.43 Å². The smallest absolute Gasteiger partial charge is 0.0649 e. The van der Waals surface area contributed by atoms with Crippen molar-refractivity contribution in [1.29, 1.82) is 0 Å². The van der Waals surface area contributed by atoms with Crippen molar-refractivity contribution in [2.45, 2.75) is 33.1 Å². The van der Waals surface area contributed by atoms with Crippen LogP contribution in [-0.2, 0) is 5.41 Å². The summed E-state index contributed by atoms with van der Waals surface area (Å²) < 4.78 is 0. The van der Waals surface area contributed by atoms with Gasteiger partial charge in [0.25, 0.3) is 0 Å². The normalized spacial score (nSPS) is 12.4. The largest absolute Gasteiger partial charge is 0.278 e. The van der Waals surface area contributed by atoms with Gasteiger partial charge in [-0.3, -0.25) is 5.43 Å². The molecule has 1 N–H and O–H groups in total. The van der Waals surface area contributed by atoms with Crippen molar-refractivity contribution < 1.29 is 0 Å². The van der Waals surface area contributed by atoms with Crippen LogP contribution in [0.15, 0.2) is 47.6 Å². The zero-order valence-corrected chi connectivity index (χ0v) is 14.8. The molecular formula is C18H20Cl2N2. The Bertz CT molecular complexity index is 683. The average Bonchev–Trinajstić information content (AvgIpc) is 2.47. The molecule has 2 rings (SSSR count). The van der Waals surface area contributed by atoms with Gasteiger partial charge in [-0.25, -0.2) is 0 Å². The molecule has 0 bridgehead atoms. The maximum Gasteiger partial charge on any atom is 0.0649 e. The lowest BCUT2D eigenvalue weighted by molar-refractivity contribution is 0.590. The van der Waals surface area contributed by atoms with Crippen LogP contribution in [0, 0.1) is 0 Å². The van der Waals surface area contributed by atoms with Gasteiger partial charge in [0.15, 0.2) is 0 Å². The second-order valence-corrected chi connectivity index (χ2v) is 7.08. The fourth-order valence-corrected chi connectivity index (χ4v) is 2.28. The molecule has 0 aromatic heterocycles. The van der Waals surface area contributed by atoms with E-state index in [1.54, 1.807) is 6.07 Å². The van der Waals surface area contributed by atoms with Crippen molar-refractivity contribution in [3.8, 4) is 0 Å². The molecule has 0 amide bonds. The van der Waals surface area contributed by atoms with Gasteiger partial charge >= 0.3 is 0 Å². The molecule has 0 spiro atoms. The topological polar surface area (TPSA) is 24.4 Å². The molecule has 0 radical (unpaired) electrons. The van der Waals surface area contributed by atoms with Gasteiger partial charge < -0.3 is 0 Å². The summed E-state index contributed by atoms with van der Waals surface area (Å²) in [7, 11) is 0. The number of anilines is 1. The minimum absolute atomic E-state index is 0.151. The summed E-state index contributed by atoms with van der Waals surface area (Å²) in [6.07, 6.45) is 0. The predicted octanol–water partition coefficient (Wildman–Crippen LogP) is 6.13. The van der Waals surface area contributed by atoms with Crippen molar-refractivity contribution in [3.05, 3.63) is 63.6 Å². The van der Waals surface area contributed by atoms with Gasteiger partial charge in [0, 0.05) is 0 Å². The van der Waals surface area contributed by atoms with Crippen molar-refractivity contribution >= 4 is 34.6 Å². The second kappa shape index (κ2) is 6.72. The number of nitrogens with one attached hydrogen (secondary N) is 1. The summed E-state index contributed by atoms with van der Waals surface area (Å²) >= 11 is 12.0. The molecule has 0 aliphatic heterocycles. The van der Waals surface area contributed by atoms with E-state index >= 15 is 0 Å². The summed E-state index contributed by atoms with van der Waals surface area (Å²) in [5.41, 5.74) is 7.25. The Morgan fingerprint density at radius 2 is 1.59 bits per heavy atom. The Hall–Kier alpha value is -1.51. The molecule has 2 aromatic carbocycles. The van der Waals surface area contributed by atoms with Crippen LogP contribution in [0.4, 0.5) is 5.69 Å². The number of rotatable bonds is 3. The van der Waals surface area contributed by atoms with E-state index in [4.69, 9.17) is 23.2 Å². The first-order valence-electron chi connectivity index (χ1n) is 7.13. The lowest BCUT2D eigenvalue weighted by atomic mass is 9.87. The summed E-state index contributed by atoms with van der Waals surface area (Å²) in [5.74, 6) is 0. The zero-order chi connectivity index (χ0) is 16.3. The summed E-state index contributed by atoms with van der Waals surface area (Å²) in [6, 6.07) is 13.8. The number of hydrogen-bond donors (Lipinski definition) is 1. The van der Waals surface area contributed by atoms with E-state index in [1.807, 2.05) is 31.2 Å². The van der Waals surface area contributed by atoms with Crippen LogP contribution in [0.25, 0.3) is 0 Å². The number of nitrogens with zero attached hydrogens (tertiary/aromatic N) is 1. The SMILES string of the molecule is C/C(=N\Nc1ccc(C(C)(C)C)cc1)c1ccc(Cl)c(Cl)c1. The summed E-state index contributed by atoms with van der Waals surface area (Å²) in [6.45, 7) is 8.52. The molecule has 0 heterocycles. The van der Waals surface area contributed by atoms with Crippen LogP contribution in [-0.4, -0.2) is 5.71 Å². The third-order valence-corrected chi connectivity index (χ3v) is 4.18. The van der Waals surface area contributed by atoms with Crippen molar-refractivity contribution in [2.24, 2.45) is 5.10 Å². The van der Waals surface area contributed by atoms with E-state index in [1.165, 1.54) is 5.56 Å². The molecule has 0 aliphatic rings. The van der Waals surface area contributed by atoms with Gasteiger partial charge in [-0.05, 0) is 47.7 Å². The van der Waals surface area contributed by atoms with Crippen LogP contribution in [0.1, 0.15) is 38.8 Å². The minimum Gasteiger partial charge on any atom is -0.278 e. The molecule has 0 unspecified atom stereocenters. The van der Waals surface area contributed by atoms with Crippen LogP contribution in [0.3, 0.4) is 0 Å². The Morgan fingerprint density at radius 3 is 2.14 bits per heavy atom. The molecule has 4 heteroatoms. The average molecular weight is 335 g/mol. The van der Waals surface area contributed by atoms with Crippen LogP contribution < -0.4 is 5.43 Å². The fraction of sp³-hybridized carbons (Fsp3) is 0.278.